The van der Waals surface area contributed by atoms with Crippen molar-refractivity contribution in [2.75, 3.05) is 5.32 Å². The van der Waals surface area contributed by atoms with Crippen LogP contribution in [-0.2, 0) is 11.8 Å². The van der Waals surface area contributed by atoms with E-state index >= 15 is 0 Å². The molecule has 0 aliphatic heterocycles. The van der Waals surface area contributed by atoms with Gasteiger partial charge in [-0.1, -0.05) is 29.8 Å². The van der Waals surface area contributed by atoms with Crippen molar-refractivity contribution in [3.05, 3.63) is 81.8 Å². The predicted octanol–water partition coefficient (Wildman–Crippen LogP) is 3.84. The summed E-state index contributed by atoms with van der Waals surface area (Å²) < 4.78 is 7.11. The van der Waals surface area contributed by atoms with E-state index in [9.17, 15) is 24.6 Å². The molecule has 0 fully saturated rings. The molecular weight excluding hydrogens is 426 g/mol. The second-order valence-corrected chi connectivity index (χ2v) is 7.65. The van der Waals surface area contributed by atoms with Crippen molar-refractivity contribution in [1.29, 1.82) is 0 Å². The van der Waals surface area contributed by atoms with Gasteiger partial charge in [0.2, 0.25) is 0 Å². The van der Waals surface area contributed by atoms with Crippen LogP contribution in [0.1, 0.15) is 29.3 Å². The van der Waals surface area contributed by atoms with Gasteiger partial charge in [0.25, 0.3) is 5.56 Å². The largest absolute Gasteiger partial charge is 0.505 e. The third-order valence-corrected chi connectivity index (χ3v) is 5.09. The van der Waals surface area contributed by atoms with E-state index in [1.54, 1.807) is 31.2 Å². The fourth-order valence-electron chi connectivity index (χ4n) is 3.19. The van der Waals surface area contributed by atoms with Crippen LogP contribution in [0.15, 0.2) is 59.4 Å². The maximum absolute atomic E-state index is 12.6. The number of amides is 2. The fraction of sp³-hybridized carbons (Fsp3) is 0.208. The molecule has 0 radical (unpaired) electrons. The van der Waals surface area contributed by atoms with E-state index in [1.807, 2.05) is 31.2 Å². The Balaban J connectivity index is 1.81. The van der Waals surface area contributed by atoms with Gasteiger partial charge in [0.15, 0.2) is 5.69 Å². The molecule has 0 bridgehead atoms. The Hall–Kier alpha value is -4.27. The van der Waals surface area contributed by atoms with Crippen molar-refractivity contribution in [2.45, 2.75) is 26.3 Å². The Morgan fingerprint density at radius 3 is 2.42 bits per heavy atom. The molecule has 3 aromatic rings. The van der Waals surface area contributed by atoms with Crippen LogP contribution in [0.25, 0.3) is 0 Å². The maximum atomic E-state index is 12.6. The summed E-state index contributed by atoms with van der Waals surface area (Å²) in [6.07, 6.45) is -0.403. The van der Waals surface area contributed by atoms with Crippen LogP contribution in [0.4, 0.5) is 10.5 Å². The standard InChI is InChI=1S/C24H25N3O6/c1-14-7-9-17(10-8-14)33-18-6-4-5-16(12-18)19(13-21(29)30)25-24(32)26-22-20(28)11-15(2)27(3)23(22)31/h4-12,19,28H,13H2,1-3H3,(H,29,30)(H2,25,26,32). The van der Waals surface area contributed by atoms with Crippen LogP contribution >= 0.6 is 0 Å². The number of carbonyl (C=O) groups is 2. The molecular formula is C24H25N3O6. The Morgan fingerprint density at radius 1 is 1.06 bits per heavy atom. The summed E-state index contributed by atoms with van der Waals surface area (Å²) in [5.41, 5.74) is 1.20. The van der Waals surface area contributed by atoms with Crippen molar-refractivity contribution in [2.24, 2.45) is 7.05 Å². The highest BCUT2D eigenvalue weighted by Crippen LogP contribution is 2.27. The number of urea groups is 1. The fourth-order valence-corrected chi connectivity index (χ4v) is 3.19. The van der Waals surface area contributed by atoms with Gasteiger partial charge in [-0.2, -0.15) is 0 Å². The van der Waals surface area contributed by atoms with Crippen molar-refractivity contribution in [1.82, 2.24) is 9.88 Å². The number of carboxylic acids is 1. The molecule has 1 heterocycles. The zero-order chi connectivity index (χ0) is 24.1. The Kier molecular flexibility index (Phi) is 7.02. The van der Waals surface area contributed by atoms with Gasteiger partial charge >= 0.3 is 12.0 Å². The number of aromatic nitrogens is 1. The summed E-state index contributed by atoms with van der Waals surface area (Å²) in [6, 6.07) is 13.7. The van der Waals surface area contributed by atoms with Crippen molar-refractivity contribution < 1.29 is 24.5 Å². The summed E-state index contributed by atoms with van der Waals surface area (Å²) in [4.78, 5) is 36.4. The van der Waals surface area contributed by atoms with E-state index < -0.39 is 30.0 Å². The minimum atomic E-state index is -1.13. The lowest BCUT2D eigenvalue weighted by Gasteiger charge is -2.19. The first-order valence-corrected chi connectivity index (χ1v) is 10.2. The topological polar surface area (TPSA) is 130 Å². The molecule has 0 spiro atoms. The van der Waals surface area contributed by atoms with Crippen LogP contribution < -0.4 is 20.9 Å². The number of hydrogen-bond donors (Lipinski definition) is 4. The first-order valence-electron chi connectivity index (χ1n) is 10.2. The van der Waals surface area contributed by atoms with Gasteiger partial charge in [0.05, 0.1) is 12.5 Å². The number of ether oxygens (including phenoxy) is 1. The zero-order valence-corrected chi connectivity index (χ0v) is 18.5. The second-order valence-electron chi connectivity index (χ2n) is 7.65. The van der Waals surface area contributed by atoms with E-state index in [4.69, 9.17) is 4.74 Å². The minimum absolute atomic E-state index is 0.300. The lowest BCUT2D eigenvalue weighted by Crippen LogP contribution is -2.36. The number of carboxylic acid groups (broad SMARTS) is 1. The molecule has 1 atom stereocenters. The van der Waals surface area contributed by atoms with Gasteiger partial charge in [0.1, 0.15) is 17.2 Å². The normalized spacial score (nSPS) is 11.5. The Labute approximate surface area is 190 Å². The molecule has 33 heavy (non-hydrogen) atoms. The van der Waals surface area contributed by atoms with Gasteiger partial charge in [0, 0.05) is 18.8 Å². The maximum Gasteiger partial charge on any atom is 0.319 e. The van der Waals surface area contributed by atoms with Gasteiger partial charge in [-0.25, -0.2) is 4.79 Å². The number of rotatable bonds is 7. The first kappa shape index (κ1) is 23.4. The number of aromatic hydroxyl groups is 1. The third-order valence-electron chi connectivity index (χ3n) is 5.09. The molecule has 9 nitrogen and oxygen atoms in total. The predicted molar refractivity (Wildman–Crippen MR) is 123 cm³/mol. The number of nitrogens with one attached hydrogen (secondary N) is 2. The average Bonchev–Trinajstić information content (AvgIpc) is 2.76. The molecule has 0 aliphatic carbocycles. The number of pyridine rings is 1. The highest BCUT2D eigenvalue weighted by Gasteiger charge is 2.21. The molecule has 2 amide bonds. The smallest absolute Gasteiger partial charge is 0.319 e. The van der Waals surface area contributed by atoms with Crippen LogP contribution in [0.2, 0.25) is 0 Å². The molecule has 1 aromatic heterocycles. The number of aryl methyl sites for hydroxylation is 2. The number of hydrogen-bond acceptors (Lipinski definition) is 5. The summed E-state index contributed by atoms with van der Waals surface area (Å²) >= 11 is 0. The molecule has 0 saturated heterocycles. The Bertz CT molecular complexity index is 1230. The summed E-state index contributed by atoms with van der Waals surface area (Å²) in [7, 11) is 1.51. The van der Waals surface area contributed by atoms with Crippen LogP contribution in [-0.4, -0.2) is 26.8 Å². The molecule has 0 saturated carbocycles. The Morgan fingerprint density at radius 2 is 1.76 bits per heavy atom. The van der Waals surface area contributed by atoms with Crippen LogP contribution in [0.5, 0.6) is 17.2 Å². The van der Waals surface area contributed by atoms with Crippen molar-refractivity contribution in [3.63, 3.8) is 0 Å². The molecule has 172 valence electrons. The monoisotopic (exact) mass is 451 g/mol. The van der Waals surface area contributed by atoms with Gasteiger partial charge in [-0.3, -0.25) is 9.59 Å². The van der Waals surface area contributed by atoms with Gasteiger partial charge < -0.3 is 30.2 Å². The van der Waals surface area contributed by atoms with E-state index in [-0.39, 0.29) is 11.4 Å². The van der Waals surface area contributed by atoms with Crippen LogP contribution in [0.3, 0.4) is 0 Å². The molecule has 2 aromatic carbocycles. The summed E-state index contributed by atoms with van der Waals surface area (Å²) in [5, 5.41) is 24.3. The first-order chi connectivity index (χ1) is 15.6. The molecule has 3 rings (SSSR count). The zero-order valence-electron chi connectivity index (χ0n) is 18.5. The van der Waals surface area contributed by atoms with E-state index in [2.05, 4.69) is 10.6 Å². The van der Waals surface area contributed by atoms with Crippen LogP contribution in [0, 0.1) is 13.8 Å². The number of aliphatic carboxylic acids is 1. The number of anilines is 1. The second kappa shape index (κ2) is 9.90. The van der Waals surface area contributed by atoms with E-state index in [0.717, 1.165) is 5.56 Å². The van der Waals surface area contributed by atoms with E-state index in [0.29, 0.717) is 22.8 Å². The van der Waals surface area contributed by atoms with Gasteiger partial charge in [-0.05, 0) is 43.7 Å². The van der Waals surface area contributed by atoms with E-state index in [1.165, 1.54) is 17.7 Å². The molecule has 4 N–H and O–H groups in total. The van der Waals surface area contributed by atoms with Crippen molar-refractivity contribution >= 4 is 17.7 Å². The summed E-state index contributed by atoms with van der Waals surface area (Å²) in [6.45, 7) is 3.60. The number of carbonyl (C=O) groups excluding carboxylic acids is 1. The average molecular weight is 451 g/mol. The number of nitrogens with zero attached hydrogens (tertiary/aromatic N) is 1. The van der Waals surface area contributed by atoms with Crippen molar-refractivity contribution in [3.8, 4) is 17.2 Å². The molecule has 1 unspecified atom stereocenters. The number of benzene rings is 2. The highest BCUT2D eigenvalue weighted by atomic mass is 16.5. The SMILES string of the molecule is Cc1ccc(Oc2cccc(C(CC(=O)O)NC(=O)Nc3c(O)cc(C)n(C)c3=O)c2)cc1. The highest BCUT2D eigenvalue weighted by molar-refractivity contribution is 5.91. The lowest BCUT2D eigenvalue weighted by molar-refractivity contribution is -0.137. The third kappa shape index (κ3) is 5.91. The molecule has 0 aliphatic rings. The quantitative estimate of drug-likeness (QED) is 0.432. The summed E-state index contributed by atoms with van der Waals surface area (Å²) in [5.74, 6) is -0.420. The lowest BCUT2D eigenvalue weighted by atomic mass is 10.0. The van der Waals surface area contributed by atoms with Gasteiger partial charge in [-0.15, -0.1) is 0 Å². The molecule has 9 heteroatoms. The minimum Gasteiger partial charge on any atom is -0.505 e.